The number of anilines is 1. The van der Waals surface area contributed by atoms with Gasteiger partial charge in [0, 0.05) is 18.4 Å². The van der Waals surface area contributed by atoms with Gasteiger partial charge in [0.25, 0.3) is 5.91 Å². The number of hydrogen-bond donors (Lipinski definition) is 2. The van der Waals surface area contributed by atoms with Crippen molar-refractivity contribution in [3.8, 4) is 5.75 Å². The number of aliphatic hydroxyl groups is 1. The number of carbonyl (C=O) groups excluding carboxylic acids is 1. The van der Waals surface area contributed by atoms with Crippen molar-refractivity contribution >= 4 is 11.6 Å². The summed E-state index contributed by atoms with van der Waals surface area (Å²) in [6.45, 7) is 0.454. The van der Waals surface area contributed by atoms with Crippen LogP contribution in [-0.2, 0) is 9.53 Å². The second-order valence-corrected chi connectivity index (χ2v) is 3.97. The van der Waals surface area contributed by atoms with Crippen molar-refractivity contribution in [3.63, 3.8) is 0 Å². The van der Waals surface area contributed by atoms with Gasteiger partial charge in [-0.1, -0.05) is 6.07 Å². The highest BCUT2D eigenvalue weighted by molar-refractivity contribution is 5.95. The van der Waals surface area contributed by atoms with Gasteiger partial charge in [0.1, 0.15) is 12.4 Å². The van der Waals surface area contributed by atoms with Crippen LogP contribution in [0.25, 0.3) is 0 Å². The van der Waals surface area contributed by atoms with Gasteiger partial charge < -0.3 is 19.8 Å². The Hall–Kier alpha value is -1.59. The molecule has 17 heavy (non-hydrogen) atoms. The van der Waals surface area contributed by atoms with Crippen molar-refractivity contribution in [1.29, 1.82) is 0 Å². The van der Waals surface area contributed by atoms with Crippen LogP contribution >= 0.6 is 0 Å². The summed E-state index contributed by atoms with van der Waals surface area (Å²) >= 11 is 0. The van der Waals surface area contributed by atoms with Crippen LogP contribution < -0.4 is 4.90 Å². The molecule has 5 heteroatoms. The van der Waals surface area contributed by atoms with Crippen LogP contribution in [0.3, 0.4) is 0 Å². The SMILES string of the molecule is O=C1COC(CCO)CN1c1cccc(O)c1. The first-order chi connectivity index (χ1) is 8.20. The molecule has 0 aromatic heterocycles. The van der Waals surface area contributed by atoms with E-state index in [1.165, 1.54) is 0 Å². The molecule has 1 saturated heterocycles. The van der Waals surface area contributed by atoms with Gasteiger partial charge in [0.2, 0.25) is 0 Å². The van der Waals surface area contributed by atoms with Crippen molar-refractivity contribution in [2.45, 2.75) is 12.5 Å². The number of carbonyl (C=O) groups is 1. The molecule has 1 atom stereocenters. The predicted molar refractivity (Wildman–Crippen MR) is 61.9 cm³/mol. The lowest BCUT2D eigenvalue weighted by molar-refractivity contribution is -0.129. The van der Waals surface area contributed by atoms with Gasteiger partial charge in [-0.3, -0.25) is 4.79 Å². The Kier molecular flexibility index (Phi) is 3.61. The second kappa shape index (κ2) is 5.16. The Morgan fingerprint density at radius 3 is 3.00 bits per heavy atom. The van der Waals surface area contributed by atoms with Crippen LogP contribution in [0.5, 0.6) is 5.75 Å². The Morgan fingerprint density at radius 1 is 1.47 bits per heavy atom. The van der Waals surface area contributed by atoms with E-state index in [9.17, 15) is 9.90 Å². The molecule has 0 saturated carbocycles. The molecule has 1 aliphatic heterocycles. The maximum Gasteiger partial charge on any atom is 0.253 e. The largest absolute Gasteiger partial charge is 0.508 e. The second-order valence-electron chi connectivity index (χ2n) is 3.97. The fraction of sp³-hybridized carbons (Fsp3) is 0.417. The van der Waals surface area contributed by atoms with E-state index >= 15 is 0 Å². The lowest BCUT2D eigenvalue weighted by Gasteiger charge is -2.32. The van der Waals surface area contributed by atoms with Crippen molar-refractivity contribution < 1.29 is 19.7 Å². The molecule has 1 fully saturated rings. The number of amides is 1. The van der Waals surface area contributed by atoms with Crippen molar-refractivity contribution in [3.05, 3.63) is 24.3 Å². The minimum absolute atomic E-state index is 0.0142. The van der Waals surface area contributed by atoms with E-state index < -0.39 is 0 Å². The van der Waals surface area contributed by atoms with Gasteiger partial charge in [-0.25, -0.2) is 0 Å². The number of phenolic OH excluding ortho intramolecular Hbond substituents is 1. The van der Waals surface area contributed by atoms with Crippen molar-refractivity contribution in [2.75, 3.05) is 24.7 Å². The lowest BCUT2D eigenvalue weighted by atomic mass is 10.2. The third kappa shape index (κ3) is 2.75. The topological polar surface area (TPSA) is 70.0 Å². The van der Waals surface area contributed by atoms with E-state index in [1.807, 2.05) is 0 Å². The van der Waals surface area contributed by atoms with Gasteiger partial charge in [-0.05, 0) is 18.6 Å². The van der Waals surface area contributed by atoms with Gasteiger partial charge in [0.05, 0.1) is 12.6 Å². The zero-order chi connectivity index (χ0) is 12.3. The highest BCUT2D eigenvalue weighted by Gasteiger charge is 2.27. The molecule has 1 amide bonds. The van der Waals surface area contributed by atoms with Gasteiger partial charge >= 0.3 is 0 Å². The minimum Gasteiger partial charge on any atom is -0.508 e. The zero-order valence-electron chi connectivity index (χ0n) is 9.37. The molecule has 1 heterocycles. The average molecular weight is 237 g/mol. The van der Waals surface area contributed by atoms with Crippen LogP contribution in [0.1, 0.15) is 6.42 Å². The summed E-state index contributed by atoms with van der Waals surface area (Å²) in [6, 6.07) is 6.55. The summed E-state index contributed by atoms with van der Waals surface area (Å²) in [4.78, 5) is 13.3. The molecular formula is C12H15NO4. The summed E-state index contributed by atoms with van der Waals surface area (Å²) in [6.07, 6.45) is 0.350. The predicted octanol–water partition coefficient (Wildman–Crippen LogP) is 0.506. The fourth-order valence-electron chi connectivity index (χ4n) is 1.85. The zero-order valence-corrected chi connectivity index (χ0v) is 9.37. The van der Waals surface area contributed by atoms with Gasteiger partial charge in [-0.2, -0.15) is 0 Å². The van der Waals surface area contributed by atoms with Gasteiger partial charge in [0.15, 0.2) is 0 Å². The van der Waals surface area contributed by atoms with Crippen LogP contribution in [0.4, 0.5) is 5.69 Å². The third-order valence-corrected chi connectivity index (χ3v) is 2.72. The molecule has 0 aliphatic carbocycles. The Morgan fingerprint density at radius 2 is 2.29 bits per heavy atom. The maximum atomic E-state index is 11.7. The Bertz CT molecular complexity index is 407. The van der Waals surface area contributed by atoms with Crippen LogP contribution in [0, 0.1) is 0 Å². The summed E-state index contributed by atoms with van der Waals surface area (Å²) in [5.74, 6) is -0.00899. The molecule has 5 nitrogen and oxygen atoms in total. The van der Waals surface area contributed by atoms with E-state index in [-0.39, 0.29) is 31.0 Å². The average Bonchev–Trinajstić information content (AvgIpc) is 2.32. The summed E-state index contributed by atoms with van der Waals surface area (Å²) in [7, 11) is 0. The van der Waals surface area contributed by atoms with Crippen LogP contribution in [0.2, 0.25) is 0 Å². The summed E-state index contributed by atoms with van der Waals surface area (Å²) < 4.78 is 5.30. The number of aliphatic hydroxyl groups excluding tert-OH is 1. The lowest BCUT2D eigenvalue weighted by Crippen LogP contribution is -2.47. The first-order valence-electron chi connectivity index (χ1n) is 5.52. The number of hydrogen-bond acceptors (Lipinski definition) is 4. The van der Waals surface area contributed by atoms with E-state index in [4.69, 9.17) is 9.84 Å². The number of phenols is 1. The fourth-order valence-corrected chi connectivity index (χ4v) is 1.85. The third-order valence-electron chi connectivity index (χ3n) is 2.72. The quantitative estimate of drug-likeness (QED) is 0.803. The molecule has 1 aromatic rings. The first kappa shape index (κ1) is 11.9. The van der Waals surface area contributed by atoms with E-state index in [1.54, 1.807) is 29.2 Å². The molecule has 0 spiro atoms. The summed E-state index contributed by atoms with van der Waals surface area (Å²) in [5, 5.41) is 18.3. The van der Waals surface area contributed by atoms with E-state index in [2.05, 4.69) is 0 Å². The number of ether oxygens (including phenoxy) is 1. The smallest absolute Gasteiger partial charge is 0.253 e. The molecule has 0 radical (unpaired) electrons. The number of morpholine rings is 1. The van der Waals surface area contributed by atoms with Crippen LogP contribution in [0.15, 0.2) is 24.3 Å². The number of aromatic hydroxyl groups is 1. The molecule has 1 aromatic carbocycles. The van der Waals surface area contributed by atoms with Gasteiger partial charge in [-0.15, -0.1) is 0 Å². The molecule has 1 unspecified atom stereocenters. The normalized spacial score (nSPS) is 20.6. The Balaban J connectivity index is 2.15. The molecular weight excluding hydrogens is 222 g/mol. The number of benzene rings is 1. The molecule has 2 N–H and O–H groups in total. The molecule has 0 bridgehead atoms. The number of nitrogens with zero attached hydrogens (tertiary/aromatic N) is 1. The number of rotatable bonds is 3. The monoisotopic (exact) mass is 237 g/mol. The van der Waals surface area contributed by atoms with E-state index in [0.29, 0.717) is 18.7 Å². The summed E-state index contributed by atoms with van der Waals surface area (Å²) in [5.41, 5.74) is 0.654. The molecule has 92 valence electrons. The van der Waals surface area contributed by atoms with Crippen molar-refractivity contribution in [1.82, 2.24) is 0 Å². The minimum atomic E-state index is -0.153. The first-order valence-corrected chi connectivity index (χ1v) is 5.52. The van der Waals surface area contributed by atoms with Crippen LogP contribution in [-0.4, -0.2) is 42.0 Å². The molecule has 1 aliphatic rings. The standard InChI is InChI=1S/C12H15NO4/c14-5-4-11-7-13(12(16)8-17-11)9-2-1-3-10(15)6-9/h1-3,6,11,14-15H,4-5,7-8H2. The van der Waals surface area contributed by atoms with Crippen molar-refractivity contribution in [2.24, 2.45) is 0 Å². The highest BCUT2D eigenvalue weighted by Crippen LogP contribution is 2.23. The maximum absolute atomic E-state index is 11.7. The Labute approximate surface area is 99.2 Å². The highest BCUT2D eigenvalue weighted by atomic mass is 16.5. The van der Waals surface area contributed by atoms with E-state index in [0.717, 1.165) is 0 Å². The molecule has 2 rings (SSSR count).